The molecule has 2 rings (SSSR count). The van der Waals surface area contributed by atoms with Gasteiger partial charge in [0.2, 0.25) is 0 Å². The first-order valence-electron chi connectivity index (χ1n) is 6.68. The highest BCUT2D eigenvalue weighted by molar-refractivity contribution is 7.71. The van der Waals surface area contributed by atoms with Gasteiger partial charge in [0.25, 0.3) is 0 Å². The van der Waals surface area contributed by atoms with Crippen molar-refractivity contribution in [2.75, 3.05) is 6.61 Å². The lowest BCUT2D eigenvalue weighted by atomic mass is 10.2. The number of nitrogens with one attached hydrogen (secondary N) is 1. The average Bonchev–Trinajstić information content (AvgIpc) is 2.84. The summed E-state index contributed by atoms with van der Waals surface area (Å²) in [5, 5.41) is 0. The number of carbonyl (C=O) groups is 1. The quantitative estimate of drug-likeness (QED) is 0.686. The van der Waals surface area contributed by atoms with Crippen LogP contribution in [0.25, 0.3) is 5.69 Å². The van der Waals surface area contributed by atoms with Crippen LogP contribution in [0.2, 0.25) is 0 Å². The van der Waals surface area contributed by atoms with Crippen LogP contribution < -0.4 is 0 Å². The van der Waals surface area contributed by atoms with Crippen molar-refractivity contribution >= 4 is 18.2 Å². The zero-order valence-electron chi connectivity index (χ0n) is 12.3. The van der Waals surface area contributed by atoms with Crippen molar-refractivity contribution in [1.29, 1.82) is 0 Å². The molecular formula is C15H20N2O2S. The molecule has 0 saturated heterocycles. The van der Waals surface area contributed by atoms with E-state index in [-0.39, 0.29) is 5.97 Å². The van der Waals surface area contributed by atoms with E-state index in [1.54, 1.807) is 17.7 Å². The van der Waals surface area contributed by atoms with Crippen molar-refractivity contribution in [1.82, 2.24) is 9.55 Å². The van der Waals surface area contributed by atoms with Crippen LogP contribution in [0.1, 0.15) is 36.8 Å². The van der Waals surface area contributed by atoms with Gasteiger partial charge in [-0.2, -0.15) is 0 Å². The first-order chi connectivity index (χ1) is 9.63. The maximum Gasteiger partial charge on any atom is 0.356 e. The molecular weight excluding hydrogens is 272 g/mol. The van der Waals surface area contributed by atoms with Crippen molar-refractivity contribution in [3.63, 3.8) is 0 Å². The van der Waals surface area contributed by atoms with Crippen LogP contribution in [-0.4, -0.2) is 22.1 Å². The lowest BCUT2D eigenvalue weighted by Gasteiger charge is -2.07. The number of rotatable bonds is 3. The molecule has 1 aromatic heterocycles. The van der Waals surface area contributed by atoms with Gasteiger partial charge in [0, 0.05) is 11.9 Å². The summed E-state index contributed by atoms with van der Waals surface area (Å²) in [6.45, 7) is 8.12. The first-order valence-corrected chi connectivity index (χ1v) is 7.09. The number of ether oxygens (including phenoxy) is 1. The minimum Gasteiger partial charge on any atom is -0.461 e. The van der Waals surface area contributed by atoms with Crippen molar-refractivity contribution in [3.8, 4) is 5.69 Å². The zero-order valence-corrected chi connectivity index (χ0v) is 13.1. The van der Waals surface area contributed by atoms with Gasteiger partial charge in [-0.05, 0) is 38.2 Å². The summed E-state index contributed by atoms with van der Waals surface area (Å²) in [6.07, 6.45) is 1.57. The van der Waals surface area contributed by atoms with E-state index < -0.39 is 0 Å². The number of nitrogens with zero attached hydrogens (tertiary/aromatic N) is 1. The Labute approximate surface area is 124 Å². The average molecular weight is 292 g/mol. The SMILES string of the molecule is CC.CCOC(=O)c1c[nH]c(=S)n1-c1ccc(C)cc1. The van der Waals surface area contributed by atoms with Gasteiger partial charge in [0.05, 0.1) is 6.61 Å². The van der Waals surface area contributed by atoms with Gasteiger partial charge < -0.3 is 9.72 Å². The highest BCUT2D eigenvalue weighted by Crippen LogP contribution is 2.14. The topological polar surface area (TPSA) is 47.0 Å². The van der Waals surface area contributed by atoms with Gasteiger partial charge in [-0.1, -0.05) is 31.5 Å². The second kappa shape index (κ2) is 7.65. The Morgan fingerprint density at radius 3 is 2.45 bits per heavy atom. The van der Waals surface area contributed by atoms with E-state index in [0.29, 0.717) is 17.1 Å². The van der Waals surface area contributed by atoms with Gasteiger partial charge in [0.15, 0.2) is 10.5 Å². The zero-order chi connectivity index (χ0) is 15.1. The molecule has 0 unspecified atom stereocenters. The molecule has 0 amide bonds. The van der Waals surface area contributed by atoms with E-state index in [0.717, 1.165) is 11.3 Å². The van der Waals surface area contributed by atoms with E-state index in [2.05, 4.69) is 4.98 Å². The Morgan fingerprint density at radius 2 is 1.90 bits per heavy atom. The highest BCUT2D eigenvalue weighted by Gasteiger charge is 2.14. The Bertz CT molecular complexity index is 612. The highest BCUT2D eigenvalue weighted by atomic mass is 32.1. The van der Waals surface area contributed by atoms with Gasteiger partial charge in [-0.15, -0.1) is 0 Å². The predicted octanol–water partition coefficient (Wildman–Crippen LogP) is 4.05. The van der Waals surface area contributed by atoms with Crippen LogP contribution in [-0.2, 0) is 4.74 Å². The molecule has 0 fully saturated rings. The maximum absolute atomic E-state index is 11.8. The maximum atomic E-state index is 11.8. The Balaban J connectivity index is 0.000000956. The third kappa shape index (κ3) is 3.57. The van der Waals surface area contributed by atoms with E-state index >= 15 is 0 Å². The second-order valence-electron chi connectivity index (χ2n) is 3.87. The van der Waals surface area contributed by atoms with Crippen molar-refractivity contribution in [2.45, 2.75) is 27.7 Å². The van der Waals surface area contributed by atoms with Gasteiger partial charge in [-0.3, -0.25) is 4.57 Å². The van der Waals surface area contributed by atoms with Crippen molar-refractivity contribution in [2.24, 2.45) is 0 Å². The number of hydrogen-bond acceptors (Lipinski definition) is 3. The summed E-state index contributed by atoms with van der Waals surface area (Å²) in [5.74, 6) is -0.384. The number of imidazole rings is 1. The van der Waals surface area contributed by atoms with E-state index in [1.807, 2.05) is 45.0 Å². The normalized spacial score (nSPS) is 9.60. The van der Waals surface area contributed by atoms with Crippen LogP contribution in [0.5, 0.6) is 0 Å². The van der Waals surface area contributed by atoms with Gasteiger partial charge in [0.1, 0.15) is 0 Å². The van der Waals surface area contributed by atoms with Gasteiger partial charge in [-0.25, -0.2) is 4.79 Å². The monoisotopic (exact) mass is 292 g/mol. The summed E-state index contributed by atoms with van der Waals surface area (Å²) in [4.78, 5) is 14.7. The minimum absolute atomic E-state index is 0.338. The lowest BCUT2D eigenvalue weighted by Crippen LogP contribution is -2.11. The smallest absolute Gasteiger partial charge is 0.356 e. The molecule has 108 valence electrons. The molecule has 0 bridgehead atoms. The lowest BCUT2D eigenvalue weighted by molar-refractivity contribution is 0.0517. The molecule has 4 nitrogen and oxygen atoms in total. The third-order valence-electron chi connectivity index (χ3n) is 2.55. The number of benzene rings is 1. The van der Waals surface area contributed by atoms with E-state index in [1.165, 1.54) is 0 Å². The van der Waals surface area contributed by atoms with Crippen molar-refractivity contribution in [3.05, 3.63) is 46.5 Å². The molecule has 0 aliphatic carbocycles. The van der Waals surface area contributed by atoms with Crippen LogP contribution in [0.15, 0.2) is 30.5 Å². The van der Waals surface area contributed by atoms with Crippen LogP contribution >= 0.6 is 12.2 Å². The summed E-state index contributed by atoms with van der Waals surface area (Å²) >= 11 is 5.19. The van der Waals surface area contributed by atoms with Crippen LogP contribution in [0, 0.1) is 11.7 Å². The summed E-state index contributed by atoms with van der Waals surface area (Å²) in [6, 6.07) is 7.78. The van der Waals surface area contributed by atoms with Crippen LogP contribution in [0.3, 0.4) is 0 Å². The number of aromatic amines is 1. The number of hydrogen-bond donors (Lipinski definition) is 1. The summed E-state index contributed by atoms with van der Waals surface area (Å²) < 4.78 is 7.15. The first kappa shape index (κ1) is 16.2. The minimum atomic E-state index is -0.384. The fraction of sp³-hybridized carbons (Fsp3) is 0.333. The molecule has 2 aromatic rings. The molecule has 0 spiro atoms. The second-order valence-corrected chi connectivity index (χ2v) is 4.26. The molecule has 1 aromatic carbocycles. The molecule has 0 radical (unpaired) electrons. The number of H-pyrrole nitrogens is 1. The van der Waals surface area contributed by atoms with E-state index in [9.17, 15) is 4.79 Å². The number of aromatic nitrogens is 2. The standard InChI is InChI=1S/C13H14N2O2S.C2H6/c1-3-17-12(16)11-8-14-13(18)15(11)10-6-4-9(2)5-7-10;1-2/h4-8H,3H2,1-2H3,(H,14,18);1-2H3. The molecule has 0 aliphatic rings. The largest absolute Gasteiger partial charge is 0.461 e. The fourth-order valence-corrected chi connectivity index (χ4v) is 1.94. The Kier molecular flexibility index (Phi) is 6.18. The Morgan fingerprint density at radius 1 is 1.30 bits per heavy atom. The summed E-state index contributed by atoms with van der Waals surface area (Å²) in [5.41, 5.74) is 2.40. The fourth-order valence-electron chi connectivity index (χ4n) is 1.67. The Hall–Kier alpha value is -1.88. The van der Waals surface area contributed by atoms with Crippen molar-refractivity contribution < 1.29 is 9.53 Å². The van der Waals surface area contributed by atoms with E-state index in [4.69, 9.17) is 17.0 Å². The summed E-state index contributed by atoms with van der Waals surface area (Å²) in [7, 11) is 0. The molecule has 1 heterocycles. The number of carbonyl (C=O) groups excluding carboxylic acids is 1. The number of esters is 1. The molecule has 5 heteroatoms. The molecule has 0 atom stereocenters. The number of aryl methyl sites for hydroxylation is 1. The molecule has 1 N–H and O–H groups in total. The molecule has 20 heavy (non-hydrogen) atoms. The van der Waals surface area contributed by atoms with Crippen LogP contribution in [0.4, 0.5) is 0 Å². The molecule has 0 saturated carbocycles. The van der Waals surface area contributed by atoms with Gasteiger partial charge >= 0.3 is 5.97 Å². The predicted molar refractivity (Wildman–Crippen MR) is 83.0 cm³/mol. The molecule has 0 aliphatic heterocycles. The third-order valence-corrected chi connectivity index (χ3v) is 2.85.